The fourth-order valence-corrected chi connectivity index (χ4v) is 3.34. The minimum atomic E-state index is -0.853. The Morgan fingerprint density at radius 3 is 2.48 bits per heavy atom. The van der Waals surface area contributed by atoms with Gasteiger partial charge in [0.05, 0.1) is 5.92 Å². The predicted octanol–water partition coefficient (Wildman–Crippen LogP) is 1.93. The van der Waals surface area contributed by atoms with Crippen LogP contribution in [0, 0.1) is 5.92 Å². The minimum absolute atomic E-state index is 0.203. The fourth-order valence-electron chi connectivity index (χ4n) is 3.34. The van der Waals surface area contributed by atoms with Gasteiger partial charge < -0.3 is 19.5 Å². The molecule has 0 bridgehead atoms. The van der Waals surface area contributed by atoms with Gasteiger partial charge in [0.15, 0.2) is 11.5 Å². The summed E-state index contributed by atoms with van der Waals surface area (Å²) in [6.07, 6.45) is 0.112. The molecule has 2 aliphatic heterocycles. The SMILES string of the molecule is CC1Oc2ccccc2OC1C(=O)N1CCC[C@H](C(=O)O)[C@@H]1C. The van der Waals surface area contributed by atoms with Gasteiger partial charge in [-0.15, -0.1) is 0 Å². The second-order valence-corrected chi connectivity index (χ2v) is 6.17. The summed E-state index contributed by atoms with van der Waals surface area (Å²) in [5.41, 5.74) is 0. The van der Waals surface area contributed by atoms with E-state index in [4.69, 9.17) is 9.47 Å². The number of hydrogen-bond donors (Lipinski definition) is 1. The summed E-state index contributed by atoms with van der Waals surface area (Å²) < 4.78 is 11.6. The predicted molar refractivity (Wildman–Crippen MR) is 82.5 cm³/mol. The van der Waals surface area contributed by atoms with E-state index in [1.807, 2.05) is 12.1 Å². The zero-order chi connectivity index (χ0) is 16.6. The number of carboxylic acids is 1. The maximum Gasteiger partial charge on any atom is 0.308 e. The summed E-state index contributed by atoms with van der Waals surface area (Å²) in [4.78, 5) is 25.8. The third-order valence-corrected chi connectivity index (χ3v) is 4.67. The highest BCUT2D eigenvalue weighted by Gasteiger charge is 2.42. The van der Waals surface area contributed by atoms with Crippen LogP contribution in [0.4, 0.5) is 0 Å². The molecule has 23 heavy (non-hydrogen) atoms. The molecule has 2 aliphatic rings. The molecule has 1 saturated heterocycles. The molecule has 124 valence electrons. The molecule has 1 amide bonds. The molecule has 2 heterocycles. The quantitative estimate of drug-likeness (QED) is 0.901. The zero-order valence-corrected chi connectivity index (χ0v) is 13.3. The van der Waals surface area contributed by atoms with E-state index in [2.05, 4.69) is 0 Å². The first-order chi connectivity index (χ1) is 11.0. The Morgan fingerprint density at radius 2 is 1.83 bits per heavy atom. The lowest BCUT2D eigenvalue weighted by Crippen LogP contribution is -2.57. The zero-order valence-electron chi connectivity index (χ0n) is 13.3. The Kier molecular flexibility index (Phi) is 4.15. The van der Waals surface area contributed by atoms with E-state index in [1.54, 1.807) is 30.9 Å². The molecule has 0 saturated carbocycles. The van der Waals surface area contributed by atoms with E-state index in [9.17, 15) is 14.7 Å². The average molecular weight is 319 g/mol. The second kappa shape index (κ2) is 6.10. The van der Waals surface area contributed by atoms with Crippen molar-refractivity contribution in [3.63, 3.8) is 0 Å². The monoisotopic (exact) mass is 319 g/mol. The Hall–Kier alpha value is -2.24. The maximum atomic E-state index is 12.9. The van der Waals surface area contributed by atoms with E-state index < -0.39 is 24.1 Å². The number of hydrogen-bond acceptors (Lipinski definition) is 4. The molecule has 1 aromatic carbocycles. The Balaban J connectivity index is 1.79. The molecular weight excluding hydrogens is 298 g/mol. The molecule has 1 N–H and O–H groups in total. The van der Waals surface area contributed by atoms with E-state index in [-0.39, 0.29) is 11.9 Å². The lowest BCUT2D eigenvalue weighted by Gasteiger charge is -2.41. The third kappa shape index (κ3) is 2.85. The van der Waals surface area contributed by atoms with Gasteiger partial charge in [0.1, 0.15) is 6.10 Å². The largest absolute Gasteiger partial charge is 0.482 e. The highest BCUT2D eigenvalue weighted by atomic mass is 16.6. The number of carbonyl (C=O) groups excluding carboxylic acids is 1. The number of rotatable bonds is 2. The molecule has 3 rings (SSSR count). The van der Waals surface area contributed by atoms with Gasteiger partial charge in [0.25, 0.3) is 5.91 Å². The van der Waals surface area contributed by atoms with Gasteiger partial charge in [0.2, 0.25) is 6.10 Å². The number of para-hydroxylation sites is 2. The first-order valence-corrected chi connectivity index (χ1v) is 7.94. The molecule has 0 radical (unpaired) electrons. The van der Waals surface area contributed by atoms with Crippen molar-refractivity contribution in [3.8, 4) is 11.5 Å². The van der Waals surface area contributed by atoms with Crippen LogP contribution in [0.2, 0.25) is 0 Å². The lowest BCUT2D eigenvalue weighted by molar-refractivity contribution is -0.155. The van der Waals surface area contributed by atoms with Crippen LogP contribution in [-0.2, 0) is 9.59 Å². The first-order valence-electron chi connectivity index (χ1n) is 7.94. The van der Waals surface area contributed by atoms with Crippen LogP contribution < -0.4 is 9.47 Å². The highest BCUT2D eigenvalue weighted by molar-refractivity contribution is 5.84. The molecule has 1 fully saturated rings. The first kappa shape index (κ1) is 15.6. The smallest absolute Gasteiger partial charge is 0.308 e. The number of fused-ring (bicyclic) bond motifs is 1. The van der Waals surface area contributed by atoms with Crippen LogP contribution in [0.5, 0.6) is 11.5 Å². The maximum absolute atomic E-state index is 12.9. The number of ether oxygens (including phenoxy) is 2. The van der Waals surface area contributed by atoms with E-state index in [0.29, 0.717) is 30.9 Å². The van der Waals surface area contributed by atoms with Crippen LogP contribution >= 0.6 is 0 Å². The van der Waals surface area contributed by atoms with Gasteiger partial charge in [-0.3, -0.25) is 9.59 Å². The number of nitrogens with zero attached hydrogens (tertiary/aromatic N) is 1. The van der Waals surface area contributed by atoms with Crippen molar-refractivity contribution in [2.75, 3.05) is 6.54 Å². The molecule has 0 aliphatic carbocycles. The van der Waals surface area contributed by atoms with Crippen LogP contribution in [0.1, 0.15) is 26.7 Å². The standard InChI is InChI=1S/C17H21NO5/c1-10-12(17(20)21)6-5-9-18(10)16(19)15-11(2)22-13-7-3-4-8-14(13)23-15/h3-4,7-8,10-12,15H,5-6,9H2,1-2H3,(H,20,21)/t10-,11?,12-,15?/m0/s1. The van der Waals surface area contributed by atoms with Gasteiger partial charge >= 0.3 is 5.97 Å². The van der Waals surface area contributed by atoms with Gasteiger partial charge in [-0.1, -0.05) is 12.1 Å². The van der Waals surface area contributed by atoms with Crippen molar-refractivity contribution >= 4 is 11.9 Å². The minimum Gasteiger partial charge on any atom is -0.482 e. The molecule has 0 spiro atoms. The number of benzene rings is 1. The van der Waals surface area contributed by atoms with Gasteiger partial charge in [-0.2, -0.15) is 0 Å². The van der Waals surface area contributed by atoms with Crippen molar-refractivity contribution in [1.82, 2.24) is 4.90 Å². The molecule has 0 aromatic heterocycles. The second-order valence-electron chi connectivity index (χ2n) is 6.17. The summed E-state index contributed by atoms with van der Waals surface area (Å²) in [5, 5.41) is 9.31. The summed E-state index contributed by atoms with van der Waals surface area (Å²) in [6.45, 7) is 4.14. The van der Waals surface area contributed by atoms with Gasteiger partial charge in [0, 0.05) is 12.6 Å². The summed E-state index contributed by atoms with van der Waals surface area (Å²) >= 11 is 0. The van der Waals surface area contributed by atoms with Crippen LogP contribution in [0.15, 0.2) is 24.3 Å². The van der Waals surface area contributed by atoms with Crippen molar-refractivity contribution in [2.24, 2.45) is 5.92 Å². The molecule has 4 atom stereocenters. The van der Waals surface area contributed by atoms with Crippen molar-refractivity contribution in [1.29, 1.82) is 0 Å². The van der Waals surface area contributed by atoms with E-state index >= 15 is 0 Å². The highest BCUT2D eigenvalue weighted by Crippen LogP contribution is 2.35. The Labute approximate surface area is 135 Å². The van der Waals surface area contributed by atoms with Crippen molar-refractivity contribution in [2.45, 2.75) is 44.9 Å². The normalized spacial score (nSPS) is 29.9. The van der Waals surface area contributed by atoms with Crippen molar-refractivity contribution in [3.05, 3.63) is 24.3 Å². The molecule has 6 heteroatoms. The number of piperidine rings is 1. The van der Waals surface area contributed by atoms with Crippen molar-refractivity contribution < 1.29 is 24.2 Å². The fraction of sp³-hybridized carbons (Fsp3) is 0.529. The number of carboxylic acid groups (broad SMARTS) is 1. The summed E-state index contributed by atoms with van der Waals surface area (Å²) in [5.74, 6) is -0.415. The number of likely N-dealkylation sites (tertiary alicyclic amines) is 1. The van der Waals surface area contributed by atoms with Crippen LogP contribution in [0.25, 0.3) is 0 Å². The van der Waals surface area contributed by atoms with Crippen LogP contribution in [0.3, 0.4) is 0 Å². The Morgan fingerprint density at radius 1 is 1.17 bits per heavy atom. The molecule has 6 nitrogen and oxygen atoms in total. The number of aliphatic carboxylic acids is 1. The average Bonchev–Trinajstić information content (AvgIpc) is 2.53. The lowest BCUT2D eigenvalue weighted by atomic mass is 9.89. The third-order valence-electron chi connectivity index (χ3n) is 4.67. The number of carbonyl (C=O) groups is 2. The summed E-state index contributed by atoms with van der Waals surface area (Å²) in [7, 11) is 0. The molecular formula is C17H21NO5. The molecule has 1 aromatic rings. The topological polar surface area (TPSA) is 76.1 Å². The Bertz CT molecular complexity index is 617. The molecule has 2 unspecified atom stereocenters. The van der Waals surface area contributed by atoms with Gasteiger partial charge in [-0.05, 0) is 38.8 Å². The number of amides is 1. The van der Waals surface area contributed by atoms with Crippen LogP contribution in [-0.4, -0.2) is 46.7 Å². The van der Waals surface area contributed by atoms with Gasteiger partial charge in [-0.25, -0.2) is 0 Å². The summed E-state index contributed by atoms with van der Waals surface area (Å²) in [6, 6.07) is 6.89. The van der Waals surface area contributed by atoms with E-state index in [1.165, 1.54) is 0 Å². The van der Waals surface area contributed by atoms with E-state index in [0.717, 1.165) is 0 Å².